The molecule has 0 unspecified atom stereocenters. The molecule has 1 aliphatic rings. The largest absolute Gasteiger partial charge is 0.465 e. The molecule has 0 radical (unpaired) electrons. The Morgan fingerprint density at radius 3 is 2.58 bits per heavy atom. The standard InChI is InChI=1S/C27H28N4O2/c1-33-27(32)23-6-4-20(5-7-23)19-31-14-10-24-15-25(17-29-26(24)31)22-8-12-30(13-9-22)18-21-3-2-11-28-16-21/h2-7,10-11,14-17,22H,8-9,12-13,18-19H2,1H3. The van der Waals surface area contributed by atoms with Crippen molar-refractivity contribution in [1.82, 2.24) is 19.4 Å². The van der Waals surface area contributed by atoms with Crippen LogP contribution in [0.5, 0.6) is 0 Å². The third-order valence-electron chi connectivity index (χ3n) is 6.54. The first kappa shape index (κ1) is 21.3. The molecular weight excluding hydrogens is 412 g/mol. The molecule has 5 rings (SSSR count). The van der Waals surface area contributed by atoms with Crippen LogP contribution in [0.1, 0.15) is 45.8 Å². The van der Waals surface area contributed by atoms with Gasteiger partial charge in [-0.05, 0) is 78.9 Å². The second-order valence-electron chi connectivity index (χ2n) is 8.73. The van der Waals surface area contributed by atoms with Crippen LogP contribution in [0.15, 0.2) is 73.3 Å². The number of piperidine rings is 1. The molecule has 1 aliphatic heterocycles. The molecule has 33 heavy (non-hydrogen) atoms. The number of pyridine rings is 2. The molecule has 6 heteroatoms. The minimum absolute atomic E-state index is 0.315. The lowest BCUT2D eigenvalue weighted by Gasteiger charge is -2.32. The molecule has 4 aromatic rings. The smallest absolute Gasteiger partial charge is 0.337 e. The van der Waals surface area contributed by atoms with Crippen molar-refractivity contribution in [3.63, 3.8) is 0 Å². The fraction of sp³-hybridized carbons (Fsp3) is 0.296. The Hall–Kier alpha value is -3.51. The molecule has 0 aliphatic carbocycles. The van der Waals surface area contributed by atoms with Crippen molar-refractivity contribution in [1.29, 1.82) is 0 Å². The number of ether oxygens (including phenoxy) is 1. The van der Waals surface area contributed by atoms with Gasteiger partial charge in [0.1, 0.15) is 5.65 Å². The van der Waals surface area contributed by atoms with Gasteiger partial charge in [-0.25, -0.2) is 9.78 Å². The first-order valence-electron chi connectivity index (χ1n) is 11.4. The molecule has 0 N–H and O–H groups in total. The number of likely N-dealkylation sites (tertiary alicyclic amines) is 1. The highest BCUT2D eigenvalue weighted by Crippen LogP contribution is 2.30. The van der Waals surface area contributed by atoms with Crippen molar-refractivity contribution >= 4 is 17.0 Å². The van der Waals surface area contributed by atoms with Crippen molar-refractivity contribution in [2.24, 2.45) is 0 Å². The molecule has 0 amide bonds. The summed E-state index contributed by atoms with van der Waals surface area (Å²) >= 11 is 0. The summed E-state index contributed by atoms with van der Waals surface area (Å²) in [6, 6.07) is 16.1. The van der Waals surface area contributed by atoms with E-state index in [2.05, 4.69) is 45.0 Å². The predicted octanol–water partition coefficient (Wildman–Crippen LogP) is 4.65. The van der Waals surface area contributed by atoms with E-state index >= 15 is 0 Å². The van der Waals surface area contributed by atoms with E-state index in [1.54, 1.807) is 12.1 Å². The molecule has 1 fully saturated rings. The average molecular weight is 441 g/mol. The van der Waals surface area contributed by atoms with E-state index in [9.17, 15) is 4.79 Å². The van der Waals surface area contributed by atoms with Crippen molar-refractivity contribution < 1.29 is 9.53 Å². The number of carbonyl (C=O) groups excluding carboxylic acids is 1. The first-order valence-corrected chi connectivity index (χ1v) is 11.4. The quantitative estimate of drug-likeness (QED) is 0.409. The van der Waals surface area contributed by atoms with Crippen LogP contribution in [0.4, 0.5) is 0 Å². The Morgan fingerprint density at radius 2 is 1.85 bits per heavy atom. The first-order chi connectivity index (χ1) is 16.2. The van der Waals surface area contributed by atoms with Gasteiger partial charge in [0.05, 0.1) is 12.7 Å². The molecule has 1 saturated heterocycles. The molecule has 168 valence electrons. The van der Waals surface area contributed by atoms with Crippen molar-refractivity contribution in [3.05, 3.63) is 95.6 Å². The minimum atomic E-state index is -0.315. The summed E-state index contributed by atoms with van der Waals surface area (Å²) < 4.78 is 6.93. The highest BCUT2D eigenvalue weighted by molar-refractivity contribution is 5.89. The van der Waals surface area contributed by atoms with Gasteiger partial charge in [0.15, 0.2) is 0 Å². The fourth-order valence-electron chi connectivity index (χ4n) is 4.68. The van der Waals surface area contributed by atoms with Crippen LogP contribution in [0, 0.1) is 0 Å². The molecule has 1 aromatic carbocycles. The Labute approximate surface area is 193 Å². The van der Waals surface area contributed by atoms with E-state index in [0.29, 0.717) is 18.0 Å². The van der Waals surface area contributed by atoms with Crippen LogP contribution in [0.3, 0.4) is 0 Å². The highest BCUT2D eigenvalue weighted by atomic mass is 16.5. The third kappa shape index (κ3) is 4.81. The summed E-state index contributed by atoms with van der Waals surface area (Å²) in [6.07, 6.45) is 10.2. The van der Waals surface area contributed by atoms with Gasteiger partial charge in [-0.1, -0.05) is 18.2 Å². The van der Waals surface area contributed by atoms with Gasteiger partial charge in [0.25, 0.3) is 0 Å². The summed E-state index contributed by atoms with van der Waals surface area (Å²) in [4.78, 5) is 23.2. The van der Waals surface area contributed by atoms with E-state index < -0.39 is 0 Å². The van der Waals surface area contributed by atoms with Crippen molar-refractivity contribution in [2.45, 2.75) is 31.8 Å². The second kappa shape index (κ2) is 9.55. The maximum atomic E-state index is 11.6. The maximum absolute atomic E-state index is 11.6. The lowest BCUT2D eigenvalue weighted by Crippen LogP contribution is -2.32. The molecule has 0 spiro atoms. The highest BCUT2D eigenvalue weighted by Gasteiger charge is 2.21. The summed E-state index contributed by atoms with van der Waals surface area (Å²) in [7, 11) is 1.40. The number of esters is 1. The fourth-order valence-corrected chi connectivity index (χ4v) is 4.68. The Bertz CT molecular complexity index is 1230. The molecule has 6 nitrogen and oxygen atoms in total. The molecule has 3 aromatic heterocycles. The Kier molecular flexibility index (Phi) is 6.17. The zero-order valence-corrected chi connectivity index (χ0v) is 18.9. The number of benzene rings is 1. The third-order valence-corrected chi connectivity index (χ3v) is 6.54. The van der Waals surface area contributed by atoms with Gasteiger partial charge < -0.3 is 9.30 Å². The van der Waals surface area contributed by atoms with Crippen LogP contribution in [0.2, 0.25) is 0 Å². The van der Waals surface area contributed by atoms with Crippen molar-refractivity contribution in [2.75, 3.05) is 20.2 Å². The molecule has 0 atom stereocenters. The Balaban J connectivity index is 1.23. The topological polar surface area (TPSA) is 60.2 Å². The SMILES string of the molecule is COC(=O)c1ccc(Cn2ccc3cc(C4CCN(Cc5cccnc5)CC4)cnc32)cc1. The molecule has 4 heterocycles. The number of carbonyl (C=O) groups is 1. The molecule has 0 saturated carbocycles. The lowest BCUT2D eigenvalue weighted by molar-refractivity contribution is 0.0600. The molecule has 0 bridgehead atoms. The van der Waals surface area contributed by atoms with Crippen LogP contribution in [0.25, 0.3) is 11.0 Å². The Morgan fingerprint density at radius 1 is 1.03 bits per heavy atom. The van der Waals surface area contributed by atoms with E-state index in [1.807, 2.05) is 30.6 Å². The number of hydrogen-bond acceptors (Lipinski definition) is 5. The number of fused-ring (bicyclic) bond motifs is 1. The van der Waals surface area contributed by atoms with Crippen LogP contribution in [-0.2, 0) is 17.8 Å². The predicted molar refractivity (Wildman–Crippen MR) is 128 cm³/mol. The summed E-state index contributed by atoms with van der Waals surface area (Å²) in [5.41, 5.74) is 5.29. The van der Waals surface area contributed by atoms with E-state index in [1.165, 1.54) is 23.6 Å². The number of hydrogen-bond donors (Lipinski definition) is 0. The van der Waals surface area contributed by atoms with Crippen LogP contribution < -0.4 is 0 Å². The summed E-state index contributed by atoms with van der Waals surface area (Å²) in [5, 5.41) is 1.18. The number of nitrogens with zero attached hydrogens (tertiary/aromatic N) is 4. The van der Waals surface area contributed by atoms with Crippen LogP contribution >= 0.6 is 0 Å². The van der Waals surface area contributed by atoms with E-state index in [-0.39, 0.29) is 5.97 Å². The average Bonchev–Trinajstić information content (AvgIpc) is 3.27. The van der Waals surface area contributed by atoms with Gasteiger partial charge in [0.2, 0.25) is 0 Å². The van der Waals surface area contributed by atoms with E-state index in [0.717, 1.165) is 43.7 Å². The van der Waals surface area contributed by atoms with Gasteiger partial charge in [-0.2, -0.15) is 0 Å². The van der Waals surface area contributed by atoms with Gasteiger partial charge in [-0.15, -0.1) is 0 Å². The monoisotopic (exact) mass is 440 g/mol. The number of rotatable bonds is 6. The van der Waals surface area contributed by atoms with E-state index in [4.69, 9.17) is 9.72 Å². The van der Waals surface area contributed by atoms with Crippen LogP contribution in [-0.4, -0.2) is 45.6 Å². The summed E-state index contributed by atoms with van der Waals surface area (Å²) in [6.45, 7) is 3.88. The number of aromatic nitrogens is 3. The molecular formula is C27H28N4O2. The van der Waals surface area contributed by atoms with Gasteiger partial charge >= 0.3 is 5.97 Å². The van der Waals surface area contributed by atoms with Crippen molar-refractivity contribution in [3.8, 4) is 0 Å². The maximum Gasteiger partial charge on any atom is 0.337 e. The lowest BCUT2D eigenvalue weighted by atomic mass is 9.90. The zero-order chi connectivity index (χ0) is 22.6. The zero-order valence-electron chi connectivity index (χ0n) is 18.9. The minimum Gasteiger partial charge on any atom is -0.465 e. The summed E-state index contributed by atoms with van der Waals surface area (Å²) in [5.74, 6) is 0.242. The normalized spacial score (nSPS) is 15.1. The van der Waals surface area contributed by atoms with Gasteiger partial charge in [-0.3, -0.25) is 9.88 Å². The second-order valence-corrected chi connectivity index (χ2v) is 8.73. The van der Waals surface area contributed by atoms with Gasteiger partial charge in [0, 0.05) is 43.3 Å². The number of methoxy groups -OCH3 is 1.